The Balaban J connectivity index is 2.39. The van der Waals surface area contributed by atoms with Gasteiger partial charge in [-0.25, -0.2) is 13.2 Å². The summed E-state index contributed by atoms with van der Waals surface area (Å²) in [5.74, 6) is -1.00. The van der Waals surface area contributed by atoms with Gasteiger partial charge in [0.2, 0.25) is 15.9 Å². The predicted molar refractivity (Wildman–Crippen MR) is 170 cm³/mol. The van der Waals surface area contributed by atoms with Gasteiger partial charge in [0, 0.05) is 13.1 Å². The Kier molecular flexibility index (Phi) is 13.8. The Labute approximate surface area is 261 Å². The van der Waals surface area contributed by atoms with E-state index >= 15 is 0 Å². The first kappa shape index (κ1) is 36.7. The zero-order chi connectivity index (χ0) is 33.1. The van der Waals surface area contributed by atoms with Crippen molar-refractivity contribution in [1.82, 2.24) is 14.9 Å². The van der Waals surface area contributed by atoms with E-state index < -0.39 is 40.2 Å². The van der Waals surface area contributed by atoms with E-state index in [1.807, 2.05) is 51.1 Å². The smallest absolute Gasteiger partial charge is 0.405 e. The number of aliphatic hydroxyl groups is 1. The molecule has 5 N–H and O–H groups in total. The molecule has 12 heteroatoms. The molecule has 0 bridgehead atoms. The van der Waals surface area contributed by atoms with Gasteiger partial charge in [0.1, 0.15) is 6.04 Å². The molecule has 0 radical (unpaired) electrons. The van der Waals surface area contributed by atoms with E-state index in [0.29, 0.717) is 12.0 Å². The first-order valence-electron chi connectivity index (χ1n) is 14.8. The topological polar surface area (TPSA) is 169 Å². The number of hydrogen-bond donors (Lipinski definition) is 5. The monoisotopic (exact) mass is 632 g/mol. The third kappa shape index (κ3) is 11.9. The van der Waals surface area contributed by atoms with Crippen LogP contribution in [0.5, 0.6) is 0 Å². The highest BCUT2D eigenvalue weighted by Crippen LogP contribution is 2.25. The number of sulfonamides is 1. The number of aliphatic hydroxyl groups excluding tert-OH is 1. The maximum absolute atomic E-state index is 13.7. The van der Waals surface area contributed by atoms with Crippen LogP contribution in [0.15, 0.2) is 64.6 Å². The quantitative estimate of drug-likeness (QED) is 0.104. The van der Waals surface area contributed by atoms with Crippen LogP contribution in [0, 0.1) is 17.3 Å². The number of rotatable bonds is 16. The standard InChI is InChI=1S/C32H48N4O7S/c1-22(2)20-36(44(42,43)26-14-12-25(13-15-26)19-33-41)21-28(37)27(18-24-10-8-7-9-11-24)34-30(38)29(35-31(39)40)23(3)16-17-32(4,5)6/h7-15,19,22-23,27-29,35,37,41H,16-18,20-21H2,1-6H3,(H,34,38)(H,39,40)/t23-,27-,28-,29-/m0/s1. The maximum atomic E-state index is 13.7. The highest BCUT2D eigenvalue weighted by Gasteiger charge is 2.34. The normalized spacial score (nSPS) is 15.2. The highest BCUT2D eigenvalue weighted by atomic mass is 32.2. The molecule has 44 heavy (non-hydrogen) atoms. The molecule has 2 aromatic carbocycles. The summed E-state index contributed by atoms with van der Waals surface area (Å²) in [7, 11) is -4.06. The van der Waals surface area contributed by atoms with E-state index in [-0.39, 0.29) is 41.7 Å². The van der Waals surface area contributed by atoms with Crippen LogP contribution in [0.1, 0.15) is 65.5 Å². The lowest BCUT2D eigenvalue weighted by Gasteiger charge is -2.32. The van der Waals surface area contributed by atoms with Crippen molar-refractivity contribution in [2.75, 3.05) is 13.1 Å². The summed E-state index contributed by atoms with van der Waals surface area (Å²) in [6.07, 6.45) is 0.0678. The van der Waals surface area contributed by atoms with E-state index in [1.165, 1.54) is 34.8 Å². The first-order chi connectivity index (χ1) is 20.5. The second kappa shape index (κ2) is 16.6. The molecule has 0 fully saturated rings. The van der Waals surface area contributed by atoms with Crippen LogP contribution in [-0.2, 0) is 21.2 Å². The van der Waals surface area contributed by atoms with Gasteiger partial charge in [-0.1, -0.05) is 89.2 Å². The molecule has 0 aromatic heterocycles. The Bertz CT molecular complexity index is 1330. The van der Waals surface area contributed by atoms with Crippen molar-refractivity contribution < 1.29 is 33.4 Å². The van der Waals surface area contributed by atoms with E-state index in [1.54, 1.807) is 0 Å². The van der Waals surface area contributed by atoms with Crippen molar-refractivity contribution in [3.05, 3.63) is 65.7 Å². The van der Waals surface area contributed by atoms with E-state index in [0.717, 1.165) is 12.0 Å². The predicted octanol–water partition coefficient (Wildman–Crippen LogP) is 4.33. The zero-order valence-electron chi connectivity index (χ0n) is 26.5. The number of carboxylic acid groups (broad SMARTS) is 1. The van der Waals surface area contributed by atoms with Crippen LogP contribution in [0.25, 0.3) is 0 Å². The fourth-order valence-corrected chi connectivity index (χ4v) is 6.43. The van der Waals surface area contributed by atoms with Gasteiger partial charge >= 0.3 is 6.09 Å². The van der Waals surface area contributed by atoms with Crippen molar-refractivity contribution in [3.8, 4) is 0 Å². The number of benzene rings is 2. The number of hydrogen-bond acceptors (Lipinski definition) is 7. The first-order valence-corrected chi connectivity index (χ1v) is 16.3. The lowest BCUT2D eigenvalue weighted by molar-refractivity contribution is -0.126. The van der Waals surface area contributed by atoms with Gasteiger partial charge < -0.3 is 26.1 Å². The van der Waals surface area contributed by atoms with Crippen molar-refractivity contribution in [1.29, 1.82) is 0 Å². The largest absolute Gasteiger partial charge is 0.465 e. The number of carbonyl (C=O) groups excluding carboxylic acids is 1. The third-order valence-corrected chi connectivity index (χ3v) is 9.10. The molecule has 0 aliphatic carbocycles. The highest BCUT2D eigenvalue weighted by molar-refractivity contribution is 7.89. The van der Waals surface area contributed by atoms with Crippen LogP contribution in [-0.4, -0.2) is 77.6 Å². The molecule has 0 spiro atoms. The molecule has 0 unspecified atom stereocenters. The minimum atomic E-state index is -4.06. The molecule has 0 heterocycles. The van der Waals surface area contributed by atoms with Gasteiger partial charge in [-0.2, -0.15) is 4.31 Å². The van der Waals surface area contributed by atoms with E-state index in [2.05, 4.69) is 36.6 Å². The van der Waals surface area contributed by atoms with E-state index in [4.69, 9.17) is 5.21 Å². The molecular weight excluding hydrogens is 584 g/mol. The Morgan fingerprint density at radius 1 is 0.977 bits per heavy atom. The molecule has 2 aromatic rings. The van der Waals surface area contributed by atoms with Gasteiger partial charge in [0.15, 0.2) is 0 Å². The third-order valence-electron chi connectivity index (χ3n) is 7.25. The number of amides is 2. The SMILES string of the molecule is CC(C)CN(C[C@H](O)[C@H](Cc1ccccc1)NC(=O)[C@@H](NC(=O)O)[C@@H](C)CCC(C)(C)C)S(=O)(=O)c1ccc(C=NO)cc1. The van der Waals surface area contributed by atoms with Crippen molar-refractivity contribution in [2.45, 2.75) is 83.9 Å². The molecule has 0 aliphatic rings. The zero-order valence-corrected chi connectivity index (χ0v) is 27.3. The second-order valence-electron chi connectivity index (χ2n) is 12.9. The Morgan fingerprint density at radius 2 is 1.59 bits per heavy atom. The minimum absolute atomic E-state index is 0.00230. The molecule has 244 valence electrons. The molecule has 0 saturated heterocycles. The molecule has 0 saturated carbocycles. The lowest BCUT2D eigenvalue weighted by Crippen LogP contribution is -2.57. The van der Waals surface area contributed by atoms with Gasteiger partial charge in [0.05, 0.1) is 23.3 Å². The Morgan fingerprint density at radius 3 is 2.11 bits per heavy atom. The minimum Gasteiger partial charge on any atom is -0.465 e. The van der Waals surface area contributed by atoms with Crippen molar-refractivity contribution >= 4 is 28.2 Å². The van der Waals surface area contributed by atoms with Gasteiger partial charge in [0.25, 0.3) is 0 Å². The fraction of sp³-hybridized carbons (Fsp3) is 0.531. The molecule has 2 rings (SSSR count). The van der Waals surface area contributed by atoms with Gasteiger partial charge in [-0.15, -0.1) is 0 Å². The fourth-order valence-electron chi connectivity index (χ4n) is 4.81. The summed E-state index contributed by atoms with van der Waals surface area (Å²) in [5.41, 5.74) is 1.30. The lowest BCUT2D eigenvalue weighted by atomic mass is 9.84. The summed E-state index contributed by atoms with van der Waals surface area (Å²) in [6.45, 7) is 11.5. The number of oxime groups is 1. The summed E-state index contributed by atoms with van der Waals surface area (Å²) < 4.78 is 28.6. The van der Waals surface area contributed by atoms with Crippen molar-refractivity contribution in [3.63, 3.8) is 0 Å². The van der Waals surface area contributed by atoms with E-state index in [9.17, 15) is 28.2 Å². The van der Waals surface area contributed by atoms with Crippen LogP contribution in [0.2, 0.25) is 0 Å². The number of nitrogens with one attached hydrogen (secondary N) is 2. The van der Waals surface area contributed by atoms with Gasteiger partial charge in [-0.3, -0.25) is 4.79 Å². The number of carbonyl (C=O) groups is 2. The average molecular weight is 633 g/mol. The molecule has 11 nitrogen and oxygen atoms in total. The summed E-state index contributed by atoms with van der Waals surface area (Å²) in [4.78, 5) is 25.3. The average Bonchev–Trinajstić information content (AvgIpc) is 2.94. The van der Waals surface area contributed by atoms with Crippen LogP contribution < -0.4 is 10.6 Å². The summed E-state index contributed by atoms with van der Waals surface area (Å²) in [6, 6.07) is 13.0. The molecule has 2 amide bonds. The van der Waals surface area contributed by atoms with Crippen LogP contribution >= 0.6 is 0 Å². The second-order valence-corrected chi connectivity index (χ2v) is 14.8. The Hall–Kier alpha value is -3.48. The maximum Gasteiger partial charge on any atom is 0.405 e. The van der Waals surface area contributed by atoms with Crippen LogP contribution in [0.4, 0.5) is 4.79 Å². The van der Waals surface area contributed by atoms with Crippen LogP contribution in [0.3, 0.4) is 0 Å². The van der Waals surface area contributed by atoms with Crippen molar-refractivity contribution in [2.24, 2.45) is 22.4 Å². The molecule has 0 aliphatic heterocycles. The van der Waals surface area contributed by atoms with Gasteiger partial charge in [-0.05, 0) is 59.8 Å². The molecular formula is C32H48N4O7S. The summed E-state index contributed by atoms with van der Waals surface area (Å²) >= 11 is 0. The molecule has 4 atom stereocenters. The number of nitrogens with zero attached hydrogens (tertiary/aromatic N) is 2. The summed E-state index contributed by atoms with van der Waals surface area (Å²) in [5, 5.41) is 38.0.